The number of nitrogens with one attached hydrogen (secondary N) is 1. The number of aliphatic hydroxyl groups is 1. The Morgan fingerprint density at radius 1 is 0.932 bits per heavy atom. The van der Waals surface area contributed by atoms with E-state index in [0.717, 1.165) is 17.7 Å². The number of fused-ring (bicyclic) bond motifs is 1. The van der Waals surface area contributed by atoms with E-state index in [2.05, 4.69) is 5.32 Å². The first-order valence-corrected chi connectivity index (χ1v) is 13.7. The molecule has 0 radical (unpaired) electrons. The minimum Gasteiger partial charge on any atom is -0.507 e. The maximum absolute atomic E-state index is 12.7. The number of aliphatic hydroxyl groups excluding tert-OH is 1. The lowest BCUT2D eigenvalue weighted by molar-refractivity contribution is -0.137. The van der Waals surface area contributed by atoms with E-state index in [4.69, 9.17) is 4.74 Å². The molecule has 0 aliphatic heterocycles. The van der Waals surface area contributed by atoms with E-state index < -0.39 is 29.3 Å². The predicted molar refractivity (Wildman–Crippen MR) is 166 cm³/mol. The van der Waals surface area contributed by atoms with Crippen molar-refractivity contribution < 1.29 is 37.4 Å². The molecule has 10 heteroatoms. The summed E-state index contributed by atoms with van der Waals surface area (Å²) in [6.45, 7) is 6.31. The lowest BCUT2D eigenvalue weighted by Crippen LogP contribution is -2.31. The van der Waals surface area contributed by atoms with Gasteiger partial charge in [-0.15, -0.1) is 12.4 Å². The highest BCUT2D eigenvalue weighted by Gasteiger charge is 2.32. The molecule has 0 saturated carbocycles. The van der Waals surface area contributed by atoms with Gasteiger partial charge in [-0.3, -0.25) is 9.59 Å². The van der Waals surface area contributed by atoms with Gasteiger partial charge in [-0.1, -0.05) is 72.3 Å². The summed E-state index contributed by atoms with van der Waals surface area (Å²) in [5.74, 6) is -1.62. The molecule has 1 aliphatic carbocycles. The molecule has 0 saturated heterocycles. The Morgan fingerprint density at radius 3 is 2.20 bits per heavy atom. The van der Waals surface area contributed by atoms with E-state index in [9.17, 15) is 32.7 Å². The Morgan fingerprint density at radius 2 is 1.57 bits per heavy atom. The van der Waals surface area contributed by atoms with Crippen LogP contribution < -0.4 is 5.32 Å². The maximum Gasteiger partial charge on any atom is 0.416 e. The smallest absolute Gasteiger partial charge is 0.416 e. The summed E-state index contributed by atoms with van der Waals surface area (Å²) in [7, 11) is 0. The number of rotatable bonds is 9. The summed E-state index contributed by atoms with van der Waals surface area (Å²) in [4.78, 5) is 35.6. The fraction of sp³-hybridized carbons (Fsp3) is 0.265. The van der Waals surface area contributed by atoms with Gasteiger partial charge in [0.1, 0.15) is 12.4 Å². The second-order valence-electron chi connectivity index (χ2n) is 10.3. The Kier molecular flexibility index (Phi) is 13.6. The lowest BCUT2D eigenvalue weighted by atomic mass is 9.87. The number of carbonyl (C=O) groups excluding carboxylic acids is 3. The third-order valence-electron chi connectivity index (χ3n) is 6.54. The molecule has 2 N–H and O–H groups in total. The number of ketones is 2. The molecular formula is C34H35ClF3NO5. The molecule has 0 bridgehead atoms. The Balaban J connectivity index is 0.000000315. The molecule has 44 heavy (non-hydrogen) atoms. The van der Waals surface area contributed by atoms with Crippen molar-refractivity contribution in [3.05, 3.63) is 124 Å². The van der Waals surface area contributed by atoms with Gasteiger partial charge in [0, 0.05) is 29.3 Å². The third kappa shape index (κ3) is 10.2. The van der Waals surface area contributed by atoms with Gasteiger partial charge >= 0.3 is 12.1 Å². The monoisotopic (exact) mass is 629 g/mol. The van der Waals surface area contributed by atoms with E-state index in [1.54, 1.807) is 54.6 Å². The van der Waals surface area contributed by atoms with Crippen LogP contribution in [-0.4, -0.2) is 41.8 Å². The number of halogens is 4. The van der Waals surface area contributed by atoms with Crippen LogP contribution in [0.4, 0.5) is 13.2 Å². The van der Waals surface area contributed by atoms with E-state index in [-0.39, 0.29) is 48.4 Å². The first-order chi connectivity index (χ1) is 20.4. The van der Waals surface area contributed by atoms with Crippen LogP contribution in [-0.2, 0) is 22.1 Å². The quantitative estimate of drug-likeness (QED) is 0.110. The maximum atomic E-state index is 12.7. The number of ether oxygens (including phenoxy) is 1. The van der Waals surface area contributed by atoms with E-state index in [1.807, 2.05) is 32.9 Å². The number of hydrogen-bond acceptors (Lipinski definition) is 6. The van der Waals surface area contributed by atoms with E-state index in [0.29, 0.717) is 29.7 Å². The van der Waals surface area contributed by atoms with Gasteiger partial charge in [-0.05, 0) is 57.4 Å². The zero-order valence-corrected chi connectivity index (χ0v) is 25.4. The molecule has 234 valence electrons. The van der Waals surface area contributed by atoms with Crippen molar-refractivity contribution in [2.24, 2.45) is 0 Å². The number of benzene rings is 3. The zero-order chi connectivity index (χ0) is 31.6. The van der Waals surface area contributed by atoms with Crippen LogP contribution in [0.25, 0.3) is 5.76 Å². The number of carbonyl (C=O) groups is 3. The second kappa shape index (κ2) is 16.6. The summed E-state index contributed by atoms with van der Waals surface area (Å²) in [6, 6.07) is 20.5. The summed E-state index contributed by atoms with van der Waals surface area (Å²) in [5, 5.41) is 13.2. The molecule has 0 amide bonds. The van der Waals surface area contributed by atoms with Crippen molar-refractivity contribution in [2.45, 2.75) is 45.8 Å². The summed E-state index contributed by atoms with van der Waals surface area (Å²) in [5.41, 5.74) is 2.39. The van der Waals surface area contributed by atoms with Gasteiger partial charge in [-0.2, -0.15) is 13.2 Å². The molecule has 3 aromatic rings. The molecule has 1 unspecified atom stereocenters. The molecule has 1 atom stereocenters. The van der Waals surface area contributed by atoms with Crippen LogP contribution in [0.5, 0.6) is 0 Å². The SMILES string of the molecule is CC(C)=CCC1=C(O)c2ccccc2C(=O)C1=O.CC(Cc1cccc(C(F)(F)F)c1)NCCOC(=O)c1ccccc1.Cl. The minimum atomic E-state index is -4.34. The normalized spacial score (nSPS) is 13.1. The number of allylic oxidation sites excluding steroid dienone is 3. The van der Waals surface area contributed by atoms with Crippen LogP contribution in [0.1, 0.15) is 64.6 Å². The fourth-order valence-electron chi connectivity index (χ4n) is 4.32. The van der Waals surface area contributed by atoms with E-state index >= 15 is 0 Å². The number of hydrogen-bond donors (Lipinski definition) is 2. The molecule has 6 nitrogen and oxygen atoms in total. The van der Waals surface area contributed by atoms with Crippen molar-refractivity contribution in [2.75, 3.05) is 13.2 Å². The summed E-state index contributed by atoms with van der Waals surface area (Å²) < 4.78 is 43.3. The predicted octanol–water partition coefficient (Wildman–Crippen LogP) is 7.58. The largest absolute Gasteiger partial charge is 0.507 e. The van der Waals surface area contributed by atoms with Crippen LogP contribution in [0.15, 0.2) is 96.1 Å². The molecule has 0 heterocycles. The summed E-state index contributed by atoms with van der Waals surface area (Å²) >= 11 is 0. The van der Waals surface area contributed by atoms with Gasteiger partial charge in [0.05, 0.1) is 11.1 Å². The van der Waals surface area contributed by atoms with Gasteiger partial charge in [0.2, 0.25) is 11.6 Å². The highest BCUT2D eigenvalue weighted by atomic mass is 35.5. The van der Waals surface area contributed by atoms with Crippen LogP contribution >= 0.6 is 12.4 Å². The van der Waals surface area contributed by atoms with Gasteiger partial charge in [0.25, 0.3) is 0 Å². The first kappa shape index (κ1) is 36.0. The van der Waals surface area contributed by atoms with Crippen LogP contribution in [0.2, 0.25) is 0 Å². The number of Topliss-reactive ketones (excluding diaryl/α,β-unsaturated/α-hetero) is 2. The van der Waals surface area contributed by atoms with Crippen molar-refractivity contribution >= 4 is 35.7 Å². The molecule has 0 fully saturated rings. The fourth-order valence-corrected chi connectivity index (χ4v) is 4.32. The second-order valence-corrected chi connectivity index (χ2v) is 10.3. The van der Waals surface area contributed by atoms with Crippen molar-refractivity contribution in [3.63, 3.8) is 0 Å². The minimum absolute atomic E-state index is 0. The molecule has 1 aliphatic rings. The molecule has 0 aromatic heterocycles. The first-order valence-electron chi connectivity index (χ1n) is 13.7. The molecule has 0 spiro atoms. The van der Waals surface area contributed by atoms with Crippen molar-refractivity contribution in [1.82, 2.24) is 5.32 Å². The Hall–Kier alpha value is -4.21. The average molecular weight is 630 g/mol. The van der Waals surface area contributed by atoms with Gasteiger partial charge in [0.15, 0.2) is 0 Å². The number of esters is 1. The highest BCUT2D eigenvalue weighted by Crippen LogP contribution is 2.30. The zero-order valence-electron chi connectivity index (χ0n) is 24.6. The highest BCUT2D eigenvalue weighted by molar-refractivity contribution is 6.52. The average Bonchev–Trinajstić information content (AvgIpc) is 2.98. The topological polar surface area (TPSA) is 92.7 Å². The number of alkyl halides is 3. The van der Waals surface area contributed by atoms with Crippen molar-refractivity contribution in [3.8, 4) is 0 Å². The molecule has 3 aromatic carbocycles. The Labute approximate surface area is 261 Å². The third-order valence-corrected chi connectivity index (χ3v) is 6.54. The van der Waals surface area contributed by atoms with Gasteiger partial charge < -0.3 is 15.2 Å². The Bertz CT molecular complexity index is 1510. The van der Waals surface area contributed by atoms with Crippen LogP contribution in [0.3, 0.4) is 0 Å². The summed E-state index contributed by atoms with van der Waals surface area (Å²) in [6.07, 6.45) is -1.77. The molecular weight excluding hydrogens is 595 g/mol. The standard InChI is InChI=1S/C19H20F3NO2.C15H14O3.ClH/c1-14(12-15-6-5-9-17(13-15)19(20,21)22)23-10-11-25-18(24)16-7-3-2-4-8-16;1-9(2)7-8-12-13(16)10-5-3-4-6-11(10)14(17)15(12)18;/h2-9,13-14,23H,10-12H2,1H3;3-7,16H,8H2,1-2H3;1H. The molecule has 4 rings (SSSR count). The van der Waals surface area contributed by atoms with Gasteiger partial charge in [-0.25, -0.2) is 4.79 Å². The lowest BCUT2D eigenvalue weighted by Gasteiger charge is -2.16. The van der Waals surface area contributed by atoms with E-state index in [1.165, 1.54) is 6.07 Å². The van der Waals surface area contributed by atoms with Crippen LogP contribution in [0, 0.1) is 0 Å². The van der Waals surface area contributed by atoms with Crippen molar-refractivity contribution in [1.29, 1.82) is 0 Å².